The van der Waals surface area contributed by atoms with E-state index in [1.807, 2.05) is 24.0 Å². The first-order valence-electron chi connectivity index (χ1n) is 12.4. The summed E-state index contributed by atoms with van der Waals surface area (Å²) in [5, 5.41) is 44.1. The van der Waals surface area contributed by atoms with Gasteiger partial charge in [0.1, 0.15) is 24.4 Å². The molecule has 1 saturated heterocycles. The minimum atomic E-state index is -1.81. The van der Waals surface area contributed by atoms with Crippen molar-refractivity contribution < 1.29 is 44.2 Å². The molecule has 1 aromatic heterocycles. The van der Waals surface area contributed by atoms with E-state index in [9.17, 15) is 39.6 Å². The second-order valence-corrected chi connectivity index (χ2v) is 9.31. The zero-order valence-electron chi connectivity index (χ0n) is 21.2. The number of carbonyl (C=O) groups is 2. The van der Waals surface area contributed by atoms with E-state index in [-0.39, 0.29) is 0 Å². The fraction of sp³-hybridized carbons (Fsp3) is 0.440. The van der Waals surface area contributed by atoms with E-state index in [1.54, 1.807) is 12.1 Å². The highest BCUT2D eigenvalue weighted by molar-refractivity contribution is 6.02. The standard InChI is InChI=1S/C25H30N4O11/c1-2-11-3-5-12(6-4-11)27-22(36)15-9-14(31)18(34)24(38-15)40-20(21(26)35)19-13(10-30)17(33)23(39-19)29-8-7-16(32)28-25(29)37/h3-9,13-14,17-20,23-24,30-31,33-34H,2,10H2,1H3,(H2,26,35)(H,27,36)(H,28,32,37)/t13-,14-,17+,18-,19-,20+,23+,24+/m0/s1. The van der Waals surface area contributed by atoms with Gasteiger partial charge in [0.15, 0.2) is 18.1 Å². The summed E-state index contributed by atoms with van der Waals surface area (Å²) >= 11 is 0. The number of nitrogens with zero attached hydrogens (tertiary/aromatic N) is 1. The average molecular weight is 563 g/mol. The Morgan fingerprint density at radius 1 is 1.15 bits per heavy atom. The number of aromatic amines is 1. The SMILES string of the molecule is CCc1ccc(NC(=O)C2=C[C@H](O)[C@H](O)[C@@H](O[C@@H](C(N)=O)[C@H]3O[C@@H](n4ccc(=O)[nH]c4=O)[C@H](O)[C@@H]3CO)O2)cc1. The van der Waals surface area contributed by atoms with Gasteiger partial charge in [0.25, 0.3) is 11.5 Å². The van der Waals surface area contributed by atoms with Gasteiger partial charge in [0.05, 0.1) is 6.61 Å². The number of ether oxygens (including phenoxy) is 3. The van der Waals surface area contributed by atoms with Gasteiger partial charge < -0.3 is 45.7 Å². The molecular weight excluding hydrogens is 532 g/mol. The van der Waals surface area contributed by atoms with Crippen LogP contribution in [0.4, 0.5) is 5.69 Å². The number of nitrogens with two attached hydrogens (primary N) is 1. The second-order valence-electron chi connectivity index (χ2n) is 9.31. The lowest BCUT2D eigenvalue weighted by Gasteiger charge is -2.35. The fourth-order valence-corrected chi connectivity index (χ4v) is 4.47. The number of rotatable bonds is 9. The largest absolute Gasteiger partial charge is 0.456 e. The lowest BCUT2D eigenvalue weighted by Crippen LogP contribution is -2.52. The molecule has 3 heterocycles. The number of aryl methyl sites for hydroxylation is 1. The first kappa shape index (κ1) is 29.1. The smallest absolute Gasteiger partial charge is 0.330 e. The van der Waals surface area contributed by atoms with Crippen molar-refractivity contribution in [1.82, 2.24) is 9.55 Å². The van der Waals surface area contributed by atoms with Gasteiger partial charge in [-0.05, 0) is 30.2 Å². The van der Waals surface area contributed by atoms with Crippen LogP contribution >= 0.6 is 0 Å². The molecule has 0 unspecified atom stereocenters. The van der Waals surface area contributed by atoms with Gasteiger partial charge in [-0.25, -0.2) is 4.79 Å². The zero-order valence-corrected chi connectivity index (χ0v) is 21.2. The molecule has 0 saturated carbocycles. The van der Waals surface area contributed by atoms with E-state index >= 15 is 0 Å². The number of benzene rings is 1. The molecule has 8 N–H and O–H groups in total. The van der Waals surface area contributed by atoms with Gasteiger partial charge in [-0.15, -0.1) is 0 Å². The van der Waals surface area contributed by atoms with Gasteiger partial charge in [-0.2, -0.15) is 0 Å². The van der Waals surface area contributed by atoms with Crippen molar-refractivity contribution in [3.63, 3.8) is 0 Å². The first-order chi connectivity index (χ1) is 19.0. The highest BCUT2D eigenvalue weighted by Gasteiger charge is 2.51. The summed E-state index contributed by atoms with van der Waals surface area (Å²) in [4.78, 5) is 50.9. The number of aliphatic hydroxyl groups excluding tert-OH is 4. The quantitative estimate of drug-likeness (QED) is 0.168. The maximum absolute atomic E-state index is 12.8. The molecule has 1 fully saturated rings. The second kappa shape index (κ2) is 12.1. The molecule has 216 valence electrons. The van der Waals surface area contributed by atoms with Gasteiger partial charge in [-0.1, -0.05) is 19.1 Å². The Morgan fingerprint density at radius 2 is 1.85 bits per heavy atom. The number of aromatic nitrogens is 2. The number of aliphatic hydroxyl groups is 4. The van der Waals surface area contributed by atoms with Crippen LogP contribution in [0.3, 0.4) is 0 Å². The summed E-state index contributed by atoms with van der Waals surface area (Å²) < 4.78 is 17.6. The molecule has 2 aliphatic rings. The van der Waals surface area contributed by atoms with Gasteiger partial charge >= 0.3 is 5.69 Å². The number of anilines is 1. The first-order valence-corrected chi connectivity index (χ1v) is 12.4. The Kier molecular flexibility index (Phi) is 8.82. The van der Waals surface area contributed by atoms with E-state index in [1.165, 1.54) is 0 Å². The monoisotopic (exact) mass is 562 g/mol. The van der Waals surface area contributed by atoms with Gasteiger partial charge in [0.2, 0.25) is 12.2 Å². The van der Waals surface area contributed by atoms with Crippen molar-refractivity contribution in [1.29, 1.82) is 0 Å². The minimum absolute atomic E-state index is 0.422. The number of amides is 2. The van der Waals surface area contributed by atoms with Crippen LogP contribution in [0.25, 0.3) is 0 Å². The number of primary amides is 1. The summed E-state index contributed by atoms with van der Waals surface area (Å²) in [6.07, 6.45) is -8.71. The molecular formula is C25H30N4O11. The third-order valence-electron chi connectivity index (χ3n) is 6.68. The van der Waals surface area contributed by atoms with Gasteiger partial charge in [-0.3, -0.25) is 23.9 Å². The number of nitrogens with one attached hydrogen (secondary N) is 2. The number of hydrogen-bond acceptors (Lipinski definition) is 11. The summed E-state index contributed by atoms with van der Waals surface area (Å²) in [5.41, 5.74) is 5.37. The van der Waals surface area contributed by atoms with Crippen LogP contribution in [0, 0.1) is 5.92 Å². The maximum atomic E-state index is 12.8. The Hall–Kier alpha value is -3.86. The van der Waals surface area contributed by atoms with Crippen LogP contribution in [0.1, 0.15) is 18.7 Å². The molecule has 0 radical (unpaired) electrons. The molecule has 40 heavy (non-hydrogen) atoms. The Labute approximate surface area is 226 Å². The number of carbonyl (C=O) groups excluding carboxylic acids is 2. The molecule has 0 spiro atoms. The number of hydrogen-bond donors (Lipinski definition) is 7. The van der Waals surface area contributed by atoms with Crippen LogP contribution < -0.4 is 22.3 Å². The van der Waals surface area contributed by atoms with Crippen molar-refractivity contribution in [2.24, 2.45) is 11.7 Å². The normalized spacial score (nSPS) is 28.8. The predicted molar refractivity (Wildman–Crippen MR) is 135 cm³/mol. The third kappa shape index (κ3) is 5.99. The summed E-state index contributed by atoms with van der Waals surface area (Å²) in [5.74, 6) is -3.59. The molecule has 0 aliphatic carbocycles. The highest BCUT2D eigenvalue weighted by atomic mass is 16.7. The molecule has 15 nitrogen and oxygen atoms in total. The molecule has 2 aromatic rings. The maximum Gasteiger partial charge on any atom is 0.330 e. The van der Waals surface area contributed by atoms with Crippen molar-refractivity contribution in [3.8, 4) is 0 Å². The highest BCUT2D eigenvalue weighted by Crippen LogP contribution is 2.36. The Balaban J connectivity index is 1.53. The molecule has 2 amide bonds. The van der Waals surface area contributed by atoms with Crippen LogP contribution in [0.5, 0.6) is 0 Å². The van der Waals surface area contributed by atoms with E-state index < -0.39 is 84.4 Å². The van der Waals surface area contributed by atoms with Crippen LogP contribution in [0.2, 0.25) is 0 Å². The van der Waals surface area contributed by atoms with E-state index in [4.69, 9.17) is 19.9 Å². The molecule has 8 atom stereocenters. The third-order valence-corrected chi connectivity index (χ3v) is 6.68. The summed E-state index contributed by atoms with van der Waals surface area (Å²) in [7, 11) is 0. The van der Waals surface area contributed by atoms with E-state index in [2.05, 4.69) is 5.32 Å². The van der Waals surface area contributed by atoms with Crippen LogP contribution in [0.15, 0.2) is 58.0 Å². The lowest BCUT2D eigenvalue weighted by atomic mass is 9.94. The number of H-pyrrole nitrogens is 1. The van der Waals surface area contributed by atoms with Gasteiger partial charge in [0, 0.05) is 23.9 Å². The van der Waals surface area contributed by atoms with Crippen molar-refractivity contribution in [2.45, 2.75) is 56.4 Å². The lowest BCUT2D eigenvalue weighted by molar-refractivity contribution is -0.239. The summed E-state index contributed by atoms with van der Waals surface area (Å²) in [6, 6.07) is 7.98. The van der Waals surface area contributed by atoms with Crippen molar-refractivity contribution >= 4 is 17.5 Å². The molecule has 1 aromatic carbocycles. The summed E-state index contributed by atoms with van der Waals surface area (Å²) in [6.45, 7) is 1.24. The van der Waals surface area contributed by atoms with Crippen molar-refractivity contribution in [3.05, 3.63) is 74.8 Å². The van der Waals surface area contributed by atoms with Crippen LogP contribution in [-0.4, -0.2) is 85.2 Å². The van der Waals surface area contributed by atoms with E-state index in [0.29, 0.717) is 5.69 Å². The van der Waals surface area contributed by atoms with Crippen LogP contribution in [-0.2, 0) is 30.2 Å². The fourth-order valence-electron chi connectivity index (χ4n) is 4.47. The van der Waals surface area contributed by atoms with E-state index in [0.717, 1.165) is 34.9 Å². The molecule has 4 rings (SSSR count). The minimum Gasteiger partial charge on any atom is -0.456 e. The molecule has 2 aliphatic heterocycles. The van der Waals surface area contributed by atoms with Crippen molar-refractivity contribution in [2.75, 3.05) is 11.9 Å². The predicted octanol–water partition coefficient (Wildman–Crippen LogP) is -2.56. The average Bonchev–Trinajstić information content (AvgIpc) is 3.24. The molecule has 0 bridgehead atoms. The Morgan fingerprint density at radius 3 is 2.45 bits per heavy atom. The topological polar surface area (TPSA) is 236 Å². The zero-order chi connectivity index (χ0) is 29.1. The molecule has 15 heteroatoms. The Bertz CT molecular complexity index is 1370.